The Balaban J connectivity index is 1.88. The molecule has 7 heteroatoms. The summed E-state index contributed by atoms with van der Waals surface area (Å²) < 4.78 is 16.6. The first-order valence-corrected chi connectivity index (χ1v) is 10.6. The second-order valence-corrected chi connectivity index (χ2v) is 7.60. The van der Waals surface area contributed by atoms with Gasteiger partial charge in [-0.1, -0.05) is 12.1 Å². The van der Waals surface area contributed by atoms with Crippen LogP contribution in [0.3, 0.4) is 0 Å². The minimum Gasteiger partial charge on any atom is -0.494 e. The average Bonchev–Trinajstić information content (AvgIpc) is 2.83. The molecule has 1 atom stereocenters. The van der Waals surface area contributed by atoms with Crippen molar-refractivity contribution in [3.8, 4) is 17.2 Å². The highest BCUT2D eigenvalue weighted by molar-refractivity contribution is 5.99. The number of anilines is 1. The second kappa shape index (κ2) is 9.24. The van der Waals surface area contributed by atoms with Gasteiger partial charge in [0.1, 0.15) is 5.75 Å². The first-order chi connectivity index (χ1) is 16.0. The van der Waals surface area contributed by atoms with Gasteiger partial charge in [0.25, 0.3) is 0 Å². The molecule has 0 aromatic heterocycles. The van der Waals surface area contributed by atoms with Gasteiger partial charge in [-0.25, -0.2) is 4.79 Å². The third-order valence-electron chi connectivity index (χ3n) is 5.71. The molecule has 3 aromatic rings. The van der Waals surface area contributed by atoms with Crippen molar-refractivity contribution in [2.45, 2.75) is 19.4 Å². The summed E-state index contributed by atoms with van der Waals surface area (Å²) in [7, 11) is 3.14. The maximum Gasteiger partial charge on any atom is 0.335 e. The summed E-state index contributed by atoms with van der Waals surface area (Å²) in [6, 6.07) is 17.3. The van der Waals surface area contributed by atoms with Gasteiger partial charge >= 0.3 is 5.97 Å². The number of carboxylic acids is 1. The number of nitrogens with zero attached hydrogens (tertiary/aromatic N) is 1. The number of fused-ring (bicyclic) bond motifs is 1. The molecule has 170 valence electrons. The number of carbonyl (C=O) groups excluding carboxylic acids is 1. The standard InChI is InChI=1S/C26H25NO6/c1-4-33-20-11-7-16(8-12-20)25-21-15-23(32-3)22(31-2)13-18(21)14-24(28)27(25)19-9-5-17(6-10-19)26(29)30/h5-13,15,25H,4,14H2,1-3H3,(H,29,30)/t25-/m1/s1. The number of aromatic carboxylic acids is 1. The summed E-state index contributed by atoms with van der Waals surface area (Å²) in [5, 5.41) is 9.26. The van der Waals surface area contributed by atoms with E-state index >= 15 is 0 Å². The fraction of sp³-hybridized carbons (Fsp3) is 0.231. The molecule has 3 aromatic carbocycles. The normalized spacial score (nSPS) is 15.1. The molecular weight excluding hydrogens is 422 g/mol. The van der Waals surface area contributed by atoms with Crippen LogP contribution >= 0.6 is 0 Å². The van der Waals surface area contributed by atoms with Crippen LogP contribution in [-0.4, -0.2) is 37.8 Å². The number of carbonyl (C=O) groups is 2. The molecule has 0 saturated carbocycles. The number of hydrogen-bond donors (Lipinski definition) is 1. The van der Waals surface area contributed by atoms with Crippen molar-refractivity contribution in [3.05, 3.63) is 82.9 Å². The zero-order valence-corrected chi connectivity index (χ0v) is 18.7. The van der Waals surface area contributed by atoms with Crippen molar-refractivity contribution in [2.24, 2.45) is 0 Å². The first kappa shape index (κ1) is 22.2. The lowest BCUT2D eigenvalue weighted by molar-refractivity contribution is -0.118. The van der Waals surface area contributed by atoms with E-state index in [-0.39, 0.29) is 17.9 Å². The summed E-state index contributed by atoms with van der Waals surface area (Å²) in [6.45, 7) is 2.48. The summed E-state index contributed by atoms with van der Waals surface area (Å²) in [5.41, 5.74) is 3.44. The monoisotopic (exact) mass is 447 g/mol. The van der Waals surface area contributed by atoms with Crippen LogP contribution in [0.1, 0.15) is 40.0 Å². The Kier molecular flexibility index (Phi) is 6.22. The molecule has 0 bridgehead atoms. The molecule has 0 saturated heterocycles. The number of benzene rings is 3. The zero-order valence-electron chi connectivity index (χ0n) is 18.7. The molecule has 0 aliphatic carbocycles. The molecule has 4 rings (SSSR count). The van der Waals surface area contributed by atoms with Crippen LogP contribution in [0.2, 0.25) is 0 Å². The van der Waals surface area contributed by atoms with Gasteiger partial charge in [0.2, 0.25) is 5.91 Å². The Morgan fingerprint density at radius 3 is 2.21 bits per heavy atom. The number of rotatable bonds is 7. The quantitative estimate of drug-likeness (QED) is 0.575. The number of methoxy groups -OCH3 is 2. The van der Waals surface area contributed by atoms with Gasteiger partial charge in [0.05, 0.1) is 38.9 Å². The summed E-state index contributed by atoms with van der Waals surface area (Å²) in [4.78, 5) is 26.4. The Morgan fingerprint density at radius 1 is 1.00 bits per heavy atom. The van der Waals surface area contributed by atoms with Crippen LogP contribution < -0.4 is 19.1 Å². The fourth-order valence-electron chi connectivity index (χ4n) is 4.17. The lowest BCUT2D eigenvalue weighted by Gasteiger charge is -2.38. The van der Waals surface area contributed by atoms with E-state index < -0.39 is 12.0 Å². The number of amides is 1. The Bertz CT molecular complexity index is 1170. The second-order valence-electron chi connectivity index (χ2n) is 7.60. The van der Waals surface area contributed by atoms with Crippen molar-refractivity contribution in [2.75, 3.05) is 25.7 Å². The lowest BCUT2D eigenvalue weighted by atomic mass is 9.86. The Morgan fingerprint density at radius 2 is 1.64 bits per heavy atom. The molecule has 0 unspecified atom stereocenters. The molecule has 1 aliphatic heterocycles. The van der Waals surface area contributed by atoms with E-state index in [1.54, 1.807) is 31.3 Å². The van der Waals surface area contributed by atoms with E-state index in [0.717, 1.165) is 22.4 Å². The van der Waals surface area contributed by atoms with Gasteiger partial charge in [-0.2, -0.15) is 0 Å². The SMILES string of the molecule is CCOc1ccc([C@@H]2c3cc(OC)c(OC)cc3CC(=O)N2c2ccc(C(=O)O)cc2)cc1. The van der Waals surface area contributed by atoms with Gasteiger partial charge < -0.3 is 24.2 Å². The van der Waals surface area contributed by atoms with Gasteiger partial charge in [-0.3, -0.25) is 4.79 Å². The number of ether oxygens (including phenoxy) is 3. The molecule has 1 aliphatic rings. The number of carboxylic acid groups (broad SMARTS) is 1. The summed E-state index contributed by atoms with van der Waals surface area (Å²) in [6.07, 6.45) is 0.184. The van der Waals surface area contributed by atoms with Crippen molar-refractivity contribution in [1.82, 2.24) is 0 Å². The van der Waals surface area contributed by atoms with Crippen LogP contribution in [-0.2, 0) is 11.2 Å². The van der Waals surface area contributed by atoms with Crippen LogP contribution in [0.4, 0.5) is 5.69 Å². The maximum atomic E-state index is 13.4. The smallest absolute Gasteiger partial charge is 0.335 e. The third kappa shape index (κ3) is 4.22. The van der Waals surface area contributed by atoms with Gasteiger partial charge in [-0.15, -0.1) is 0 Å². The minimum atomic E-state index is -1.02. The summed E-state index contributed by atoms with van der Waals surface area (Å²) in [5.74, 6) is 0.762. The molecule has 1 heterocycles. The highest BCUT2D eigenvalue weighted by Gasteiger charge is 2.36. The third-order valence-corrected chi connectivity index (χ3v) is 5.71. The van der Waals surface area contributed by atoms with E-state index in [1.165, 1.54) is 12.1 Å². The highest BCUT2D eigenvalue weighted by Crippen LogP contribution is 2.43. The lowest BCUT2D eigenvalue weighted by Crippen LogP contribution is -2.41. The Labute approximate surface area is 192 Å². The van der Waals surface area contributed by atoms with Crippen molar-refractivity contribution in [3.63, 3.8) is 0 Å². The van der Waals surface area contributed by atoms with Crippen LogP contribution in [0, 0.1) is 0 Å². The van der Waals surface area contributed by atoms with Crippen LogP contribution in [0.25, 0.3) is 0 Å². The molecule has 7 nitrogen and oxygen atoms in total. The van der Waals surface area contributed by atoms with Crippen molar-refractivity contribution >= 4 is 17.6 Å². The van der Waals surface area contributed by atoms with Crippen LogP contribution in [0.15, 0.2) is 60.7 Å². The number of hydrogen-bond acceptors (Lipinski definition) is 5. The minimum absolute atomic E-state index is 0.100. The van der Waals surface area contributed by atoms with Gasteiger partial charge in [0, 0.05) is 5.69 Å². The topological polar surface area (TPSA) is 85.3 Å². The van der Waals surface area contributed by atoms with E-state index in [1.807, 2.05) is 43.3 Å². The van der Waals surface area contributed by atoms with Crippen molar-refractivity contribution < 1.29 is 28.9 Å². The molecule has 1 amide bonds. The van der Waals surface area contributed by atoms with Crippen molar-refractivity contribution in [1.29, 1.82) is 0 Å². The molecule has 0 fully saturated rings. The largest absolute Gasteiger partial charge is 0.494 e. The highest BCUT2D eigenvalue weighted by atomic mass is 16.5. The Hall–Kier alpha value is -4.00. The molecule has 1 N–H and O–H groups in total. The molecule has 0 radical (unpaired) electrons. The van der Waals surface area contributed by atoms with Gasteiger partial charge in [0.15, 0.2) is 11.5 Å². The van der Waals surface area contributed by atoms with E-state index in [4.69, 9.17) is 14.2 Å². The van der Waals surface area contributed by atoms with Gasteiger partial charge in [-0.05, 0) is 72.1 Å². The van der Waals surface area contributed by atoms with E-state index in [2.05, 4.69) is 0 Å². The summed E-state index contributed by atoms with van der Waals surface area (Å²) >= 11 is 0. The molecular formula is C26H25NO6. The predicted octanol–water partition coefficient (Wildman–Crippen LogP) is 4.48. The van der Waals surface area contributed by atoms with E-state index in [0.29, 0.717) is 23.8 Å². The van der Waals surface area contributed by atoms with E-state index in [9.17, 15) is 14.7 Å². The zero-order chi connectivity index (χ0) is 23.5. The molecule has 0 spiro atoms. The van der Waals surface area contributed by atoms with Crippen LogP contribution in [0.5, 0.6) is 17.2 Å². The molecule has 33 heavy (non-hydrogen) atoms. The maximum absolute atomic E-state index is 13.4. The first-order valence-electron chi connectivity index (χ1n) is 10.6. The fourth-order valence-corrected chi connectivity index (χ4v) is 4.17. The predicted molar refractivity (Wildman–Crippen MR) is 124 cm³/mol. The average molecular weight is 447 g/mol.